The zero-order valence-corrected chi connectivity index (χ0v) is 17.0. The maximum atomic E-state index is 13.8. The van der Waals surface area contributed by atoms with Crippen LogP contribution in [0.15, 0.2) is 28.7 Å². The van der Waals surface area contributed by atoms with Crippen molar-refractivity contribution < 1.29 is 46.2 Å². The molecule has 166 valence electrons. The lowest BCUT2D eigenvalue weighted by Gasteiger charge is -2.22. The van der Waals surface area contributed by atoms with Gasteiger partial charge in [-0.2, -0.15) is 13.2 Å². The summed E-state index contributed by atoms with van der Waals surface area (Å²) in [4.78, 5) is 39.1. The van der Waals surface area contributed by atoms with Crippen LogP contribution >= 0.6 is 0 Å². The number of carbonyl (C=O) groups is 3. The van der Waals surface area contributed by atoms with Gasteiger partial charge in [-0.05, 0) is 6.92 Å². The van der Waals surface area contributed by atoms with Crippen molar-refractivity contribution in [2.24, 2.45) is 0 Å². The Morgan fingerprint density at radius 3 is 1.97 bits per heavy atom. The normalized spacial score (nSPS) is 13.1. The van der Waals surface area contributed by atoms with Gasteiger partial charge in [0.05, 0.1) is 37.3 Å². The molecular weight excluding hydrogens is 433 g/mol. The molecule has 1 heterocycles. The summed E-state index contributed by atoms with van der Waals surface area (Å²) in [5, 5.41) is -0.464. The number of alkyl halides is 3. The summed E-state index contributed by atoms with van der Waals surface area (Å²) in [5.41, 5.74) is -2.05. The minimum absolute atomic E-state index is 0.0435. The second-order valence-corrected chi connectivity index (χ2v) is 6.75. The molecule has 4 rings (SSSR count). The van der Waals surface area contributed by atoms with Crippen molar-refractivity contribution in [3.8, 4) is 11.5 Å². The topological polar surface area (TPSA) is 92.0 Å². The summed E-state index contributed by atoms with van der Waals surface area (Å²) in [6.07, 6.45) is -5.09. The SMILES string of the molecule is CCOC(=O)c1c(C(F)(F)F)oc2c(OC)c3c(c(OC)c12)C(=O)c1ccccc1C3=O. The molecule has 3 aromatic rings. The molecule has 1 aromatic heterocycles. The Hall–Kier alpha value is -3.82. The number of benzene rings is 2. The minimum atomic E-state index is -5.09. The molecule has 2 aromatic carbocycles. The van der Waals surface area contributed by atoms with E-state index >= 15 is 0 Å². The molecule has 0 atom stereocenters. The van der Waals surface area contributed by atoms with E-state index in [2.05, 4.69) is 0 Å². The fourth-order valence-corrected chi connectivity index (χ4v) is 3.85. The minimum Gasteiger partial charge on any atom is -0.495 e. The van der Waals surface area contributed by atoms with Crippen molar-refractivity contribution in [3.63, 3.8) is 0 Å². The van der Waals surface area contributed by atoms with Crippen LogP contribution in [0.4, 0.5) is 13.2 Å². The number of carbonyl (C=O) groups excluding carboxylic acids is 3. The highest BCUT2D eigenvalue weighted by molar-refractivity contribution is 6.33. The van der Waals surface area contributed by atoms with Gasteiger partial charge in [-0.3, -0.25) is 9.59 Å². The average molecular weight is 448 g/mol. The first-order chi connectivity index (χ1) is 15.2. The van der Waals surface area contributed by atoms with Crippen LogP contribution in [0, 0.1) is 0 Å². The molecule has 0 aliphatic heterocycles. The highest BCUT2D eigenvalue weighted by Crippen LogP contribution is 2.50. The summed E-state index contributed by atoms with van der Waals surface area (Å²) in [7, 11) is 2.22. The van der Waals surface area contributed by atoms with E-state index in [9.17, 15) is 27.6 Å². The zero-order valence-electron chi connectivity index (χ0n) is 17.0. The van der Waals surface area contributed by atoms with Gasteiger partial charge in [0.2, 0.25) is 5.76 Å². The molecule has 0 bridgehead atoms. The van der Waals surface area contributed by atoms with E-state index in [1.165, 1.54) is 19.1 Å². The first-order valence-electron chi connectivity index (χ1n) is 9.34. The van der Waals surface area contributed by atoms with Crippen molar-refractivity contribution in [1.29, 1.82) is 0 Å². The van der Waals surface area contributed by atoms with Crippen molar-refractivity contribution in [2.45, 2.75) is 13.1 Å². The molecule has 0 amide bonds. The molecule has 1 aliphatic carbocycles. The molecule has 0 radical (unpaired) electrons. The van der Waals surface area contributed by atoms with Crippen LogP contribution < -0.4 is 9.47 Å². The standard InChI is InChI=1S/C22H15F3O7/c1-4-31-21(28)14-13-17(29-2)11-12(16(27)10-8-6-5-7-9(10)15(11)26)18(30-3)19(13)32-20(14)22(23,24)25/h5-8H,4H2,1-3H3. The lowest BCUT2D eigenvalue weighted by molar-refractivity contribution is -0.152. The fourth-order valence-electron chi connectivity index (χ4n) is 3.85. The van der Waals surface area contributed by atoms with Crippen LogP contribution in [0.25, 0.3) is 11.0 Å². The molecule has 0 unspecified atom stereocenters. The van der Waals surface area contributed by atoms with Gasteiger partial charge in [-0.25, -0.2) is 4.79 Å². The summed E-state index contributed by atoms with van der Waals surface area (Å²) in [6, 6.07) is 5.92. The predicted molar refractivity (Wildman–Crippen MR) is 104 cm³/mol. The van der Waals surface area contributed by atoms with Gasteiger partial charge in [0.15, 0.2) is 22.9 Å². The second kappa shape index (κ2) is 7.40. The van der Waals surface area contributed by atoms with Crippen LogP contribution in [-0.2, 0) is 10.9 Å². The second-order valence-electron chi connectivity index (χ2n) is 6.75. The number of hydrogen-bond acceptors (Lipinski definition) is 7. The maximum absolute atomic E-state index is 13.8. The number of ether oxygens (including phenoxy) is 3. The molecule has 0 saturated carbocycles. The molecule has 0 spiro atoms. The van der Waals surface area contributed by atoms with Gasteiger partial charge >= 0.3 is 12.1 Å². The van der Waals surface area contributed by atoms with Gasteiger partial charge in [0.1, 0.15) is 11.3 Å². The number of rotatable bonds is 4. The highest BCUT2D eigenvalue weighted by Gasteiger charge is 2.46. The molecular formula is C22H15F3O7. The van der Waals surface area contributed by atoms with Gasteiger partial charge in [-0.15, -0.1) is 0 Å². The van der Waals surface area contributed by atoms with E-state index in [1.54, 1.807) is 12.1 Å². The zero-order chi connectivity index (χ0) is 23.4. The Labute approximate surface area is 178 Å². The van der Waals surface area contributed by atoms with Crippen LogP contribution in [-0.4, -0.2) is 38.4 Å². The first kappa shape index (κ1) is 21.4. The first-order valence-corrected chi connectivity index (χ1v) is 9.34. The Balaban J connectivity index is 2.23. The summed E-state index contributed by atoms with van der Waals surface area (Å²) in [6.45, 7) is 1.21. The number of esters is 1. The summed E-state index contributed by atoms with van der Waals surface area (Å²) in [5.74, 6) is -5.13. The Morgan fingerprint density at radius 2 is 1.50 bits per heavy atom. The van der Waals surface area contributed by atoms with E-state index in [-0.39, 0.29) is 28.9 Å². The van der Waals surface area contributed by atoms with E-state index < -0.39 is 57.5 Å². The highest BCUT2D eigenvalue weighted by atomic mass is 19.4. The molecule has 0 fully saturated rings. The van der Waals surface area contributed by atoms with Crippen LogP contribution in [0.3, 0.4) is 0 Å². The van der Waals surface area contributed by atoms with Crippen molar-refractivity contribution in [3.05, 3.63) is 57.8 Å². The molecule has 1 aliphatic rings. The lowest BCUT2D eigenvalue weighted by Crippen LogP contribution is -2.23. The van der Waals surface area contributed by atoms with E-state index in [0.717, 1.165) is 14.2 Å². The fraction of sp³-hybridized carbons (Fsp3) is 0.227. The Morgan fingerprint density at radius 1 is 0.969 bits per heavy atom. The van der Waals surface area contributed by atoms with E-state index in [1.807, 2.05) is 0 Å². The van der Waals surface area contributed by atoms with Crippen molar-refractivity contribution in [1.82, 2.24) is 0 Å². The Kier molecular flexibility index (Phi) is 4.95. The lowest BCUT2D eigenvalue weighted by atomic mass is 9.82. The van der Waals surface area contributed by atoms with Gasteiger partial charge in [0.25, 0.3) is 0 Å². The predicted octanol–water partition coefficient (Wildman–Crippen LogP) is 4.42. The summed E-state index contributed by atoms with van der Waals surface area (Å²) >= 11 is 0. The quantitative estimate of drug-likeness (QED) is 0.427. The summed E-state index contributed by atoms with van der Waals surface area (Å²) < 4.78 is 61.7. The van der Waals surface area contributed by atoms with Gasteiger partial charge < -0.3 is 18.6 Å². The van der Waals surface area contributed by atoms with Gasteiger partial charge in [0, 0.05) is 11.1 Å². The van der Waals surface area contributed by atoms with Crippen LogP contribution in [0.2, 0.25) is 0 Å². The Bertz CT molecular complexity index is 1300. The smallest absolute Gasteiger partial charge is 0.450 e. The van der Waals surface area contributed by atoms with E-state index in [4.69, 9.17) is 18.6 Å². The monoisotopic (exact) mass is 448 g/mol. The maximum Gasteiger partial charge on any atom is 0.450 e. The number of hydrogen-bond donors (Lipinski definition) is 0. The molecule has 0 saturated heterocycles. The van der Waals surface area contributed by atoms with Crippen LogP contribution in [0.5, 0.6) is 11.5 Å². The average Bonchev–Trinajstić information content (AvgIpc) is 3.17. The van der Waals surface area contributed by atoms with Crippen molar-refractivity contribution in [2.75, 3.05) is 20.8 Å². The number of fused-ring (bicyclic) bond motifs is 3. The number of methoxy groups -OCH3 is 2. The van der Waals surface area contributed by atoms with E-state index in [0.29, 0.717) is 0 Å². The molecule has 10 heteroatoms. The molecule has 7 nitrogen and oxygen atoms in total. The number of ketones is 2. The van der Waals surface area contributed by atoms with Crippen LogP contribution in [0.1, 0.15) is 54.9 Å². The third-order valence-corrected chi connectivity index (χ3v) is 5.06. The third kappa shape index (κ3) is 2.86. The molecule has 32 heavy (non-hydrogen) atoms. The van der Waals surface area contributed by atoms with Gasteiger partial charge in [-0.1, -0.05) is 24.3 Å². The third-order valence-electron chi connectivity index (χ3n) is 5.06. The number of furan rings is 1. The van der Waals surface area contributed by atoms with Crippen molar-refractivity contribution >= 4 is 28.5 Å². The largest absolute Gasteiger partial charge is 0.495 e. The molecule has 0 N–H and O–H groups in total. The number of halogens is 3.